The van der Waals surface area contributed by atoms with Crippen molar-refractivity contribution in [3.05, 3.63) is 22.9 Å². The first-order valence-electron chi connectivity index (χ1n) is 7.56. The van der Waals surface area contributed by atoms with Crippen molar-refractivity contribution in [2.75, 3.05) is 18.0 Å². The number of carbonyl (C=O) groups excluding carboxylic acids is 1. The molecule has 3 heterocycles. The van der Waals surface area contributed by atoms with Gasteiger partial charge in [0.2, 0.25) is 0 Å². The van der Waals surface area contributed by atoms with E-state index in [0.29, 0.717) is 6.54 Å². The molecule has 0 aromatic carbocycles. The van der Waals surface area contributed by atoms with Gasteiger partial charge in [-0.3, -0.25) is 0 Å². The summed E-state index contributed by atoms with van der Waals surface area (Å²) in [7, 11) is 0. The van der Waals surface area contributed by atoms with Gasteiger partial charge < -0.3 is 15.0 Å². The highest BCUT2D eigenvalue weighted by molar-refractivity contribution is 9.10. The van der Waals surface area contributed by atoms with E-state index in [2.05, 4.69) is 36.2 Å². The van der Waals surface area contributed by atoms with Crippen LogP contribution in [0.2, 0.25) is 0 Å². The standard InChI is InChI=1S/C15H20BrN5O2/c1-15(2,3)23-14(22)18-10-4-6-20(9-10)12-5-7-21-13(19-12)11(16)8-17-21/h5,7-8,10H,4,6,9H2,1-3H3,(H,18,22)/t10-/m0/s1. The molecule has 2 aromatic rings. The van der Waals surface area contributed by atoms with Crippen molar-refractivity contribution in [3.63, 3.8) is 0 Å². The Balaban J connectivity index is 1.64. The molecule has 1 amide bonds. The number of amides is 1. The highest BCUT2D eigenvalue weighted by Crippen LogP contribution is 2.22. The van der Waals surface area contributed by atoms with Crippen molar-refractivity contribution in [1.82, 2.24) is 19.9 Å². The minimum Gasteiger partial charge on any atom is -0.444 e. The average molecular weight is 382 g/mol. The van der Waals surface area contributed by atoms with Crippen molar-refractivity contribution in [3.8, 4) is 0 Å². The Morgan fingerprint density at radius 2 is 2.26 bits per heavy atom. The summed E-state index contributed by atoms with van der Waals surface area (Å²) in [5.41, 5.74) is 0.300. The van der Waals surface area contributed by atoms with Gasteiger partial charge >= 0.3 is 6.09 Å². The molecule has 1 saturated heterocycles. The first-order chi connectivity index (χ1) is 10.8. The van der Waals surface area contributed by atoms with Crippen molar-refractivity contribution in [2.24, 2.45) is 0 Å². The SMILES string of the molecule is CC(C)(C)OC(=O)N[C@H]1CCN(c2ccn3ncc(Br)c3n2)C1. The van der Waals surface area contributed by atoms with Crippen LogP contribution in [0.15, 0.2) is 22.9 Å². The Morgan fingerprint density at radius 1 is 1.48 bits per heavy atom. The normalized spacial score (nSPS) is 18.4. The van der Waals surface area contributed by atoms with Gasteiger partial charge in [-0.1, -0.05) is 0 Å². The highest BCUT2D eigenvalue weighted by Gasteiger charge is 2.27. The molecule has 1 aliphatic heterocycles. The largest absolute Gasteiger partial charge is 0.444 e. The maximum atomic E-state index is 11.9. The zero-order valence-corrected chi connectivity index (χ0v) is 15.0. The fourth-order valence-electron chi connectivity index (χ4n) is 2.57. The molecule has 0 bridgehead atoms. The van der Waals surface area contributed by atoms with Crippen molar-refractivity contribution >= 4 is 33.5 Å². The van der Waals surface area contributed by atoms with Gasteiger partial charge in [0.25, 0.3) is 0 Å². The third-order valence-electron chi connectivity index (χ3n) is 3.54. The monoisotopic (exact) mass is 381 g/mol. The molecule has 1 aliphatic rings. The van der Waals surface area contributed by atoms with Gasteiger partial charge in [0.05, 0.1) is 16.7 Å². The predicted molar refractivity (Wildman–Crippen MR) is 90.7 cm³/mol. The van der Waals surface area contributed by atoms with Crippen LogP contribution >= 0.6 is 15.9 Å². The van der Waals surface area contributed by atoms with E-state index in [4.69, 9.17) is 4.74 Å². The summed E-state index contributed by atoms with van der Waals surface area (Å²) in [6.07, 6.45) is 4.11. The second-order valence-corrected chi connectivity index (χ2v) is 7.48. The number of halogens is 1. The van der Waals surface area contributed by atoms with Crippen molar-refractivity contribution in [2.45, 2.75) is 38.8 Å². The number of nitrogens with zero attached hydrogens (tertiary/aromatic N) is 4. The lowest BCUT2D eigenvalue weighted by atomic mass is 10.2. The molecule has 8 heteroatoms. The summed E-state index contributed by atoms with van der Waals surface area (Å²) < 4.78 is 7.89. The molecule has 0 aliphatic carbocycles. The summed E-state index contributed by atoms with van der Waals surface area (Å²) in [4.78, 5) is 18.6. The van der Waals surface area contributed by atoms with Crippen LogP contribution < -0.4 is 10.2 Å². The van der Waals surface area contributed by atoms with E-state index in [-0.39, 0.29) is 12.1 Å². The fourth-order valence-corrected chi connectivity index (χ4v) is 2.93. The maximum absolute atomic E-state index is 11.9. The third-order valence-corrected chi connectivity index (χ3v) is 4.10. The molecule has 0 unspecified atom stereocenters. The van der Waals surface area contributed by atoms with Crippen LogP contribution in [-0.2, 0) is 4.74 Å². The number of fused-ring (bicyclic) bond motifs is 1. The van der Waals surface area contributed by atoms with E-state index >= 15 is 0 Å². The van der Waals surface area contributed by atoms with E-state index in [9.17, 15) is 4.79 Å². The van der Waals surface area contributed by atoms with Crippen molar-refractivity contribution in [1.29, 1.82) is 0 Å². The van der Waals surface area contributed by atoms with Crippen LogP contribution in [0.5, 0.6) is 0 Å². The average Bonchev–Trinajstić information content (AvgIpc) is 3.04. The molecular weight excluding hydrogens is 362 g/mol. The molecule has 0 saturated carbocycles. The summed E-state index contributed by atoms with van der Waals surface area (Å²) in [6.45, 7) is 7.13. The first-order valence-corrected chi connectivity index (χ1v) is 8.35. The quantitative estimate of drug-likeness (QED) is 0.865. The Morgan fingerprint density at radius 3 is 3.00 bits per heavy atom. The second kappa shape index (κ2) is 5.99. The summed E-state index contributed by atoms with van der Waals surface area (Å²) in [5.74, 6) is 0.882. The number of alkyl carbamates (subject to hydrolysis) is 1. The smallest absolute Gasteiger partial charge is 0.407 e. The number of rotatable bonds is 2. The lowest BCUT2D eigenvalue weighted by Crippen LogP contribution is -2.40. The van der Waals surface area contributed by atoms with Gasteiger partial charge in [-0.05, 0) is 49.2 Å². The fraction of sp³-hybridized carbons (Fsp3) is 0.533. The summed E-state index contributed by atoms with van der Waals surface area (Å²) in [6, 6.07) is 2.00. The summed E-state index contributed by atoms with van der Waals surface area (Å²) in [5, 5.41) is 7.11. The highest BCUT2D eigenvalue weighted by atomic mass is 79.9. The van der Waals surface area contributed by atoms with Gasteiger partial charge in [0.1, 0.15) is 11.4 Å². The molecule has 0 radical (unpaired) electrons. The second-order valence-electron chi connectivity index (χ2n) is 6.62. The molecule has 1 fully saturated rings. The van der Waals surface area contributed by atoms with E-state index in [1.165, 1.54) is 0 Å². The minimum atomic E-state index is -0.483. The minimum absolute atomic E-state index is 0.0660. The van der Waals surface area contributed by atoms with E-state index < -0.39 is 5.60 Å². The molecule has 124 valence electrons. The van der Waals surface area contributed by atoms with Gasteiger partial charge in [0, 0.05) is 19.3 Å². The zero-order chi connectivity index (χ0) is 16.6. The maximum Gasteiger partial charge on any atom is 0.407 e. The third kappa shape index (κ3) is 3.74. The number of aromatic nitrogens is 3. The van der Waals surface area contributed by atoms with Crippen LogP contribution in [0.25, 0.3) is 5.65 Å². The van der Waals surface area contributed by atoms with E-state index in [0.717, 1.165) is 28.9 Å². The van der Waals surface area contributed by atoms with Gasteiger partial charge in [0.15, 0.2) is 5.65 Å². The topological polar surface area (TPSA) is 71.8 Å². The van der Waals surface area contributed by atoms with Crippen LogP contribution in [0.1, 0.15) is 27.2 Å². The predicted octanol–water partition coefficient (Wildman–Crippen LogP) is 2.60. The number of hydrogen-bond donors (Lipinski definition) is 1. The first kappa shape index (κ1) is 16.0. The van der Waals surface area contributed by atoms with Crippen LogP contribution in [0.3, 0.4) is 0 Å². The Hall–Kier alpha value is -1.83. The Labute approximate surface area is 143 Å². The number of nitrogens with one attached hydrogen (secondary N) is 1. The Kier molecular flexibility index (Phi) is 4.18. The van der Waals surface area contributed by atoms with Gasteiger partial charge in [-0.2, -0.15) is 5.10 Å². The molecule has 23 heavy (non-hydrogen) atoms. The molecule has 0 spiro atoms. The van der Waals surface area contributed by atoms with Gasteiger partial charge in [-0.15, -0.1) is 0 Å². The van der Waals surface area contributed by atoms with Gasteiger partial charge in [-0.25, -0.2) is 14.3 Å². The number of anilines is 1. The molecule has 1 N–H and O–H groups in total. The van der Waals surface area contributed by atoms with Crippen LogP contribution in [0, 0.1) is 0 Å². The molecule has 7 nitrogen and oxygen atoms in total. The van der Waals surface area contributed by atoms with E-state index in [1.807, 2.05) is 33.0 Å². The van der Waals surface area contributed by atoms with E-state index in [1.54, 1.807) is 10.7 Å². The lowest BCUT2D eigenvalue weighted by Gasteiger charge is -2.22. The Bertz CT molecular complexity index is 724. The van der Waals surface area contributed by atoms with Crippen LogP contribution in [0.4, 0.5) is 10.6 Å². The number of carbonyl (C=O) groups is 1. The zero-order valence-electron chi connectivity index (χ0n) is 13.4. The lowest BCUT2D eigenvalue weighted by molar-refractivity contribution is 0.0509. The number of ether oxygens (including phenoxy) is 1. The molecule has 3 rings (SSSR count). The van der Waals surface area contributed by atoms with Crippen LogP contribution in [-0.4, -0.2) is 45.4 Å². The summed E-state index contributed by atoms with van der Waals surface area (Å²) >= 11 is 3.44. The molecule has 2 aromatic heterocycles. The number of hydrogen-bond acceptors (Lipinski definition) is 5. The van der Waals surface area contributed by atoms with Crippen molar-refractivity contribution < 1.29 is 9.53 Å². The molecular formula is C15H20BrN5O2. The molecule has 1 atom stereocenters.